The van der Waals surface area contributed by atoms with E-state index in [1.165, 1.54) is 0 Å². The van der Waals surface area contributed by atoms with Gasteiger partial charge in [0.2, 0.25) is 0 Å². The number of hydrogen-bond acceptors (Lipinski definition) is 2. The van der Waals surface area contributed by atoms with Crippen molar-refractivity contribution < 1.29 is 10.2 Å². The van der Waals surface area contributed by atoms with Crippen molar-refractivity contribution in [2.75, 3.05) is 6.61 Å². The normalized spacial score (nSPS) is 12.4. The molecule has 0 aromatic heterocycles. The molecule has 0 saturated carbocycles. The second kappa shape index (κ2) is 5.62. The van der Waals surface area contributed by atoms with Gasteiger partial charge < -0.3 is 10.2 Å². The quantitative estimate of drug-likeness (QED) is 0.842. The molecule has 0 aliphatic heterocycles. The van der Waals surface area contributed by atoms with E-state index >= 15 is 0 Å². The van der Waals surface area contributed by atoms with E-state index in [0.29, 0.717) is 6.42 Å². The van der Waals surface area contributed by atoms with Gasteiger partial charge in [0.1, 0.15) is 0 Å². The Morgan fingerprint density at radius 1 is 0.882 bits per heavy atom. The fourth-order valence-corrected chi connectivity index (χ4v) is 1.92. The molecule has 0 amide bonds. The summed E-state index contributed by atoms with van der Waals surface area (Å²) in [5.74, 6) is 0. The first-order valence-electron chi connectivity index (χ1n) is 5.73. The molecule has 1 unspecified atom stereocenters. The second-order valence-electron chi connectivity index (χ2n) is 4.06. The van der Waals surface area contributed by atoms with Gasteiger partial charge in [0.15, 0.2) is 0 Å². The van der Waals surface area contributed by atoms with E-state index in [0.717, 1.165) is 16.7 Å². The summed E-state index contributed by atoms with van der Waals surface area (Å²) in [5.41, 5.74) is 3.30. The van der Waals surface area contributed by atoms with Crippen molar-refractivity contribution in [2.45, 2.75) is 12.5 Å². The molecule has 2 heteroatoms. The van der Waals surface area contributed by atoms with Crippen molar-refractivity contribution in [2.24, 2.45) is 0 Å². The molecule has 0 aliphatic carbocycles. The highest BCUT2D eigenvalue weighted by Crippen LogP contribution is 2.24. The molecule has 2 rings (SSSR count). The van der Waals surface area contributed by atoms with Crippen molar-refractivity contribution in [3.8, 4) is 11.1 Å². The fourth-order valence-electron chi connectivity index (χ4n) is 1.92. The number of rotatable bonds is 4. The van der Waals surface area contributed by atoms with Gasteiger partial charge in [-0.25, -0.2) is 0 Å². The standard InChI is InChI=1S/C15H16O2/c16-11-14(17)10-13-8-4-5-9-15(13)12-6-2-1-3-7-12/h1-9,14,16-17H,10-11H2. The van der Waals surface area contributed by atoms with Crippen molar-refractivity contribution >= 4 is 0 Å². The van der Waals surface area contributed by atoms with Gasteiger partial charge in [-0.05, 0) is 16.7 Å². The van der Waals surface area contributed by atoms with Gasteiger partial charge >= 0.3 is 0 Å². The average Bonchev–Trinajstić information content (AvgIpc) is 2.40. The van der Waals surface area contributed by atoms with Gasteiger partial charge in [-0.2, -0.15) is 0 Å². The van der Waals surface area contributed by atoms with Crippen LogP contribution in [0.1, 0.15) is 5.56 Å². The lowest BCUT2D eigenvalue weighted by atomic mass is 9.96. The van der Waals surface area contributed by atoms with Crippen molar-refractivity contribution in [1.82, 2.24) is 0 Å². The van der Waals surface area contributed by atoms with Crippen LogP contribution < -0.4 is 0 Å². The lowest BCUT2D eigenvalue weighted by Gasteiger charge is -2.12. The molecule has 0 fully saturated rings. The van der Waals surface area contributed by atoms with Crippen LogP contribution in [0.5, 0.6) is 0 Å². The minimum absolute atomic E-state index is 0.205. The molecule has 2 aromatic rings. The van der Waals surface area contributed by atoms with E-state index < -0.39 is 6.10 Å². The third-order valence-corrected chi connectivity index (χ3v) is 2.77. The Kier molecular flexibility index (Phi) is 3.91. The molecule has 0 aliphatic rings. The minimum Gasteiger partial charge on any atom is -0.394 e. The van der Waals surface area contributed by atoms with Crippen LogP contribution in [0.15, 0.2) is 54.6 Å². The third kappa shape index (κ3) is 2.93. The van der Waals surface area contributed by atoms with E-state index in [1.54, 1.807) is 0 Å². The molecule has 0 radical (unpaired) electrons. The molecule has 2 N–H and O–H groups in total. The van der Waals surface area contributed by atoms with Crippen molar-refractivity contribution in [3.05, 3.63) is 60.2 Å². The zero-order chi connectivity index (χ0) is 12.1. The van der Waals surface area contributed by atoms with E-state index in [-0.39, 0.29) is 6.61 Å². The van der Waals surface area contributed by atoms with Crippen LogP contribution in [0.3, 0.4) is 0 Å². The maximum Gasteiger partial charge on any atom is 0.0811 e. The molecular formula is C15H16O2. The smallest absolute Gasteiger partial charge is 0.0811 e. The van der Waals surface area contributed by atoms with Gasteiger partial charge in [-0.15, -0.1) is 0 Å². The lowest BCUT2D eigenvalue weighted by Crippen LogP contribution is -2.15. The summed E-state index contributed by atoms with van der Waals surface area (Å²) < 4.78 is 0. The molecule has 1 atom stereocenters. The summed E-state index contributed by atoms with van der Waals surface area (Å²) in [5, 5.41) is 18.4. The van der Waals surface area contributed by atoms with Crippen molar-refractivity contribution in [3.63, 3.8) is 0 Å². The van der Waals surface area contributed by atoms with E-state index in [4.69, 9.17) is 5.11 Å². The first-order valence-corrected chi connectivity index (χ1v) is 5.73. The Balaban J connectivity index is 2.34. The molecular weight excluding hydrogens is 212 g/mol. The monoisotopic (exact) mass is 228 g/mol. The van der Waals surface area contributed by atoms with Gasteiger partial charge in [-0.1, -0.05) is 54.6 Å². The Morgan fingerprint density at radius 3 is 2.24 bits per heavy atom. The highest BCUT2D eigenvalue weighted by atomic mass is 16.3. The van der Waals surface area contributed by atoms with Crippen LogP contribution in [-0.2, 0) is 6.42 Å². The molecule has 88 valence electrons. The van der Waals surface area contributed by atoms with Crippen LogP contribution in [0.2, 0.25) is 0 Å². The summed E-state index contributed by atoms with van der Waals surface area (Å²) in [6.07, 6.45) is -0.221. The maximum absolute atomic E-state index is 9.53. The number of aliphatic hydroxyl groups excluding tert-OH is 2. The topological polar surface area (TPSA) is 40.5 Å². The Morgan fingerprint density at radius 2 is 1.53 bits per heavy atom. The average molecular weight is 228 g/mol. The van der Waals surface area contributed by atoms with Crippen LogP contribution in [-0.4, -0.2) is 22.9 Å². The predicted octanol–water partition coefficient (Wildman–Crippen LogP) is 2.25. The van der Waals surface area contributed by atoms with Crippen LogP contribution in [0.4, 0.5) is 0 Å². The summed E-state index contributed by atoms with van der Waals surface area (Å²) >= 11 is 0. The third-order valence-electron chi connectivity index (χ3n) is 2.77. The molecule has 17 heavy (non-hydrogen) atoms. The van der Waals surface area contributed by atoms with Gasteiger partial charge in [-0.3, -0.25) is 0 Å². The van der Waals surface area contributed by atoms with Crippen LogP contribution >= 0.6 is 0 Å². The van der Waals surface area contributed by atoms with Gasteiger partial charge in [0.25, 0.3) is 0 Å². The van der Waals surface area contributed by atoms with Gasteiger partial charge in [0, 0.05) is 6.42 Å². The first kappa shape index (κ1) is 11.8. The molecule has 0 spiro atoms. The van der Waals surface area contributed by atoms with E-state index in [2.05, 4.69) is 0 Å². The summed E-state index contributed by atoms with van der Waals surface area (Å²) in [7, 11) is 0. The highest BCUT2D eigenvalue weighted by Gasteiger charge is 2.08. The maximum atomic E-state index is 9.53. The Bertz CT molecular complexity index is 465. The number of benzene rings is 2. The molecule has 0 heterocycles. The number of hydrogen-bond donors (Lipinski definition) is 2. The molecule has 2 nitrogen and oxygen atoms in total. The molecule has 0 saturated heterocycles. The largest absolute Gasteiger partial charge is 0.394 e. The fraction of sp³-hybridized carbons (Fsp3) is 0.200. The lowest BCUT2D eigenvalue weighted by molar-refractivity contribution is 0.0956. The Labute approximate surface area is 101 Å². The molecule has 0 bridgehead atoms. The van der Waals surface area contributed by atoms with Gasteiger partial charge in [0.05, 0.1) is 12.7 Å². The second-order valence-corrected chi connectivity index (χ2v) is 4.06. The zero-order valence-corrected chi connectivity index (χ0v) is 9.58. The highest BCUT2D eigenvalue weighted by molar-refractivity contribution is 5.67. The zero-order valence-electron chi connectivity index (χ0n) is 9.58. The summed E-state index contributed by atoms with van der Waals surface area (Å²) in [4.78, 5) is 0. The SMILES string of the molecule is OCC(O)Cc1ccccc1-c1ccccc1. The predicted molar refractivity (Wildman–Crippen MR) is 68.7 cm³/mol. The van der Waals surface area contributed by atoms with Crippen molar-refractivity contribution in [1.29, 1.82) is 0 Å². The number of aliphatic hydroxyl groups is 2. The Hall–Kier alpha value is -1.64. The summed E-state index contributed by atoms with van der Waals surface area (Å²) in [6.45, 7) is -0.205. The van der Waals surface area contributed by atoms with E-state index in [9.17, 15) is 5.11 Å². The van der Waals surface area contributed by atoms with E-state index in [1.807, 2.05) is 54.6 Å². The van der Waals surface area contributed by atoms with Crippen LogP contribution in [0.25, 0.3) is 11.1 Å². The molecule has 2 aromatic carbocycles. The minimum atomic E-state index is -0.695. The summed E-state index contributed by atoms with van der Waals surface area (Å²) in [6, 6.07) is 18.0. The first-order chi connectivity index (χ1) is 8.31. The van der Waals surface area contributed by atoms with Crippen LogP contribution in [0, 0.1) is 0 Å².